The summed E-state index contributed by atoms with van der Waals surface area (Å²) in [6.45, 7) is 12.0. The van der Waals surface area contributed by atoms with E-state index in [4.69, 9.17) is 26.0 Å². The molecule has 0 bridgehead atoms. The zero-order chi connectivity index (χ0) is 21.5. The van der Waals surface area contributed by atoms with E-state index < -0.39 is 0 Å². The van der Waals surface area contributed by atoms with Gasteiger partial charge >= 0.3 is 17.1 Å². The Kier molecular flexibility index (Phi) is 17.3. The van der Waals surface area contributed by atoms with E-state index in [1.165, 1.54) is 25.8 Å². The Morgan fingerprint density at radius 1 is 1.07 bits per heavy atom. The van der Waals surface area contributed by atoms with Gasteiger partial charge in [-0.15, -0.1) is 0 Å². The second-order valence-corrected chi connectivity index (χ2v) is 7.05. The maximum Gasteiger partial charge on any atom is 3.00 e. The molecule has 0 aliphatic heterocycles. The smallest absolute Gasteiger partial charge is 0.545 e. The monoisotopic (exact) mass is 459 g/mol. The third-order valence-electron chi connectivity index (χ3n) is 4.68. The Morgan fingerprint density at radius 2 is 1.69 bits per heavy atom. The van der Waals surface area contributed by atoms with Crippen molar-refractivity contribution in [1.82, 2.24) is 9.88 Å². The van der Waals surface area contributed by atoms with E-state index in [0.717, 1.165) is 40.0 Å². The zero-order valence-corrected chi connectivity index (χ0v) is 18.6. The van der Waals surface area contributed by atoms with Gasteiger partial charge in [-0.1, -0.05) is 18.0 Å². The molecule has 29 heavy (non-hydrogen) atoms. The van der Waals surface area contributed by atoms with Crippen LogP contribution in [-0.4, -0.2) is 57.4 Å². The summed E-state index contributed by atoms with van der Waals surface area (Å²) < 4.78 is 0. The van der Waals surface area contributed by atoms with Crippen molar-refractivity contribution in [3.05, 3.63) is 35.5 Å². The van der Waals surface area contributed by atoms with Gasteiger partial charge < -0.3 is 24.6 Å². The van der Waals surface area contributed by atoms with Gasteiger partial charge in [-0.3, -0.25) is 25.4 Å². The molecule has 1 aliphatic rings. The fraction of sp³-hybridized carbons (Fsp3) is 0.429. The molecule has 1 aliphatic carbocycles. The van der Waals surface area contributed by atoms with Crippen molar-refractivity contribution in [2.75, 3.05) is 32.5 Å². The number of fused-ring (bicyclic) bond motifs is 1. The van der Waals surface area contributed by atoms with Gasteiger partial charge in [0.05, 0.1) is 5.52 Å². The number of pyridine rings is 1. The molecular weight excluding hydrogens is 433 g/mol. The van der Waals surface area contributed by atoms with Crippen LogP contribution in [0.2, 0.25) is 5.02 Å². The number of nitrogens with one attached hydrogen (secondary N) is 1. The number of hydrogen-bond acceptors (Lipinski definition) is 6. The topological polar surface area (TPSA) is 79.4 Å². The van der Waals surface area contributed by atoms with Crippen molar-refractivity contribution in [3.8, 4) is 0 Å². The second kappa shape index (κ2) is 17.1. The molecule has 3 rings (SSSR count). The van der Waals surface area contributed by atoms with Crippen LogP contribution in [0.25, 0.3) is 10.9 Å². The molecule has 0 amide bonds. The summed E-state index contributed by atoms with van der Waals surface area (Å²) in [4.78, 5) is 30.0. The average Bonchev–Trinajstić information content (AvgIpc) is 3.17. The number of nitrogens with zero attached hydrogens (tertiary/aromatic N) is 2. The average molecular weight is 460 g/mol. The van der Waals surface area contributed by atoms with Gasteiger partial charge in [-0.2, -0.15) is 0 Å². The van der Waals surface area contributed by atoms with Gasteiger partial charge in [0, 0.05) is 35.4 Å². The van der Waals surface area contributed by atoms with Crippen LogP contribution in [0.15, 0.2) is 30.5 Å². The summed E-state index contributed by atoms with van der Waals surface area (Å²) >= 11 is 6.05. The van der Waals surface area contributed by atoms with Gasteiger partial charge in [0.2, 0.25) is 0 Å². The molecular formula is C21H27ClMnN3O3. The summed E-state index contributed by atoms with van der Waals surface area (Å²) in [5.41, 5.74) is 2.12. The number of benzene rings is 1. The van der Waals surface area contributed by atoms with Crippen LogP contribution in [0, 0.1) is 11.8 Å². The number of halogens is 1. The summed E-state index contributed by atoms with van der Waals surface area (Å²) in [6.07, 6.45) is 5.90. The third-order valence-corrected chi connectivity index (χ3v) is 4.91. The molecule has 2 aromatic rings. The van der Waals surface area contributed by atoms with E-state index in [2.05, 4.69) is 61.8 Å². The van der Waals surface area contributed by atoms with Crippen molar-refractivity contribution in [2.24, 2.45) is 11.8 Å². The van der Waals surface area contributed by atoms with Crippen molar-refractivity contribution < 1.29 is 31.5 Å². The molecule has 158 valence electrons. The molecule has 1 aromatic carbocycles. The predicted octanol–water partition coefficient (Wildman–Crippen LogP) is 3.45. The van der Waals surface area contributed by atoms with E-state index in [1.54, 1.807) is 0 Å². The molecule has 8 heteroatoms. The third kappa shape index (κ3) is 9.50. The fourth-order valence-corrected chi connectivity index (χ4v) is 3.77. The van der Waals surface area contributed by atoms with E-state index >= 15 is 0 Å². The maximum absolute atomic E-state index is 7.75. The normalized spacial score (nSPS) is 16.8. The Bertz CT molecular complexity index is 701. The van der Waals surface area contributed by atoms with Gasteiger partial charge in [-0.25, -0.2) is 0 Å². The van der Waals surface area contributed by atoms with E-state index in [1.807, 2.05) is 18.3 Å². The molecule has 2 unspecified atom stereocenters. The summed E-state index contributed by atoms with van der Waals surface area (Å²) in [5, 5.41) is 5.53. The molecule has 1 heterocycles. The van der Waals surface area contributed by atoms with Crippen molar-refractivity contribution in [1.29, 1.82) is 0 Å². The Balaban J connectivity index is 0. The fourth-order valence-electron chi connectivity index (χ4n) is 3.61. The van der Waals surface area contributed by atoms with Crippen LogP contribution in [-0.2, 0) is 31.5 Å². The van der Waals surface area contributed by atoms with E-state index in [-0.39, 0.29) is 17.1 Å². The van der Waals surface area contributed by atoms with E-state index in [9.17, 15) is 0 Å². The molecule has 1 fully saturated rings. The van der Waals surface area contributed by atoms with Gasteiger partial charge in [0.1, 0.15) is 0 Å². The SMILES string of the molecule is CN(C)CC1CCCC1CNc1ccnc2cc(Cl)ccc12.[CH-]=O.[CH-]=O.[CH-]=O.[Mn+3]. The van der Waals surface area contributed by atoms with Crippen molar-refractivity contribution >= 4 is 48.6 Å². The quantitative estimate of drug-likeness (QED) is 0.419. The van der Waals surface area contributed by atoms with Crippen LogP contribution < -0.4 is 5.32 Å². The van der Waals surface area contributed by atoms with Crippen LogP contribution >= 0.6 is 11.6 Å². The standard InChI is InChI=1S/C18H24ClN3.3CHO.Mn/c1-22(2)12-14-5-3-4-13(14)11-21-17-8-9-20-18-10-15(19)6-7-16(17)18;3*1-2;/h6-10,13-14H,3-5,11-12H2,1-2H3,(H,20,21);3*1H;/q;3*-1;+3. The predicted molar refractivity (Wildman–Crippen MR) is 115 cm³/mol. The van der Waals surface area contributed by atoms with Crippen molar-refractivity contribution in [3.63, 3.8) is 0 Å². The minimum Gasteiger partial charge on any atom is -0.545 e. The van der Waals surface area contributed by atoms with Crippen LogP contribution in [0.5, 0.6) is 0 Å². The first-order valence-corrected chi connectivity index (χ1v) is 9.15. The Labute approximate surface area is 188 Å². The molecule has 0 spiro atoms. The number of rotatable bonds is 5. The van der Waals surface area contributed by atoms with Crippen LogP contribution in [0.4, 0.5) is 5.69 Å². The first kappa shape index (κ1) is 29.4. The van der Waals surface area contributed by atoms with Crippen LogP contribution in [0.1, 0.15) is 19.3 Å². The number of aromatic nitrogens is 1. The molecule has 2 atom stereocenters. The second-order valence-electron chi connectivity index (χ2n) is 6.61. The largest absolute Gasteiger partial charge is 3.00 e. The Morgan fingerprint density at radius 3 is 2.31 bits per heavy atom. The van der Waals surface area contributed by atoms with Gasteiger partial charge in [0.25, 0.3) is 0 Å². The summed E-state index contributed by atoms with van der Waals surface area (Å²) in [6, 6.07) is 7.97. The van der Waals surface area contributed by atoms with Crippen molar-refractivity contribution in [2.45, 2.75) is 19.3 Å². The molecule has 1 saturated carbocycles. The maximum atomic E-state index is 7.75. The molecule has 1 N–H and O–H groups in total. The van der Waals surface area contributed by atoms with Gasteiger partial charge in [-0.05, 0) is 63.0 Å². The number of anilines is 1. The first-order chi connectivity index (χ1) is 13.6. The van der Waals surface area contributed by atoms with Crippen LogP contribution in [0.3, 0.4) is 0 Å². The van der Waals surface area contributed by atoms with E-state index in [0.29, 0.717) is 0 Å². The first-order valence-electron chi connectivity index (χ1n) is 8.77. The molecule has 0 saturated heterocycles. The summed E-state index contributed by atoms with van der Waals surface area (Å²) in [5.74, 6) is 1.57. The number of carbonyl (C=O) groups excluding carboxylic acids is 3. The minimum atomic E-state index is 0. The molecule has 6 nitrogen and oxygen atoms in total. The number of hydrogen-bond donors (Lipinski definition) is 1. The van der Waals surface area contributed by atoms with Gasteiger partial charge in [0.15, 0.2) is 0 Å². The Hall–Kier alpha value is -1.79. The zero-order valence-electron chi connectivity index (χ0n) is 16.7. The minimum absolute atomic E-state index is 0. The molecule has 0 radical (unpaired) electrons. The summed E-state index contributed by atoms with van der Waals surface area (Å²) in [7, 11) is 4.34. The molecule has 1 aromatic heterocycles.